The fourth-order valence-electron chi connectivity index (χ4n) is 1.55. The summed E-state index contributed by atoms with van der Waals surface area (Å²) < 4.78 is 11.0. The van der Waals surface area contributed by atoms with Gasteiger partial charge >= 0.3 is 0 Å². The van der Waals surface area contributed by atoms with Crippen LogP contribution in [0.4, 0.5) is 0 Å². The van der Waals surface area contributed by atoms with Crippen molar-refractivity contribution in [2.75, 3.05) is 26.4 Å². The van der Waals surface area contributed by atoms with Crippen LogP contribution in [0.2, 0.25) is 0 Å². The topological polar surface area (TPSA) is 50.7 Å². The van der Waals surface area contributed by atoms with Crippen molar-refractivity contribution in [3.63, 3.8) is 0 Å². The summed E-state index contributed by atoms with van der Waals surface area (Å²) in [6, 6.07) is 5.70. The molecule has 0 bridgehead atoms. The number of benzene rings is 1. The third-order valence-electron chi connectivity index (χ3n) is 2.26. The highest BCUT2D eigenvalue weighted by Crippen LogP contribution is 2.31. The monoisotopic (exact) mass is 249 g/mol. The van der Waals surface area contributed by atoms with Crippen molar-refractivity contribution in [2.45, 2.75) is 13.5 Å². The molecule has 0 amide bonds. The van der Waals surface area contributed by atoms with E-state index in [1.54, 1.807) is 0 Å². The highest BCUT2D eigenvalue weighted by atomic mass is 16.5. The first kappa shape index (κ1) is 14.4. The summed E-state index contributed by atoms with van der Waals surface area (Å²) in [6.07, 6.45) is 5.21. The molecule has 1 aromatic rings. The molecule has 0 atom stereocenters. The molecule has 0 fully saturated rings. The maximum Gasteiger partial charge on any atom is 0.167 e. The third-order valence-corrected chi connectivity index (χ3v) is 2.26. The van der Waals surface area contributed by atoms with Gasteiger partial charge in [-0.1, -0.05) is 18.1 Å². The van der Waals surface area contributed by atoms with Crippen molar-refractivity contribution in [1.29, 1.82) is 0 Å². The van der Waals surface area contributed by atoms with Gasteiger partial charge in [0.05, 0.1) is 13.2 Å². The Kier molecular flexibility index (Phi) is 6.70. The van der Waals surface area contributed by atoms with Gasteiger partial charge in [0.2, 0.25) is 0 Å². The molecule has 0 aliphatic carbocycles. The zero-order valence-corrected chi connectivity index (χ0v) is 10.6. The standard InChI is InChI=1S/C14H19NO3/c1-3-10-18-14-12(11-15-8-9-16)6-5-7-13(14)17-4-2/h1,5-7,15-16H,4,8-11H2,2H3. The molecule has 1 rings (SSSR count). The van der Waals surface area contributed by atoms with Crippen LogP contribution in [0, 0.1) is 12.3 Å². The molecular weight excluding hydrogens is 230 g/mol. The minimum absolute atomic E-state index is 0.103. The number of hydrogen-bond acceptors (Lipinski definition) is 4. The lowest BCUT2D eigenvalue weighted by molar-refractivity contribution is 0.287. The maximum absolute atomic E-state index is 8.75. The van der Waals surface area contributed by atoms with Crippen LogP contribution in [0.1, 0.15) is 12.5 Å². The lowest BCUT2D eigenvalue weighted by Crippen LogP contribution is -2.18. The van der Waals surface area contributed by atoms with E-state index >= 15 is 0 Å². The lowest BCUT2D eigenvalue weighted by atomic mass is 10.2. The number of rotatable bonds is 8. The molecule has 4 heteroatoms. The Bertz CT molecular complexity index is 399. The van der Waals surface area contributed by atoms with Crippen LogP contribution < -0.4 is 14.8 Å². The van der Waals surface area contributed by atoms with E-state index in [4.69, 9.17) is 21.0 Å². The largest absolute Gasteiger partial charge is 0.490 e. The summed E-state index contributed by atoms with van der Waals surface area (Å²) in [7, 11) is 0. The van der Waals surface area contributed by atoms with Crippen LogP contribution in [0.15, 0.2) is 18.2 Å². The second-order valence-corrected chi connectivity index (χ2v) is 3.57. The molecule has 4 nitrogen and oxygen atoms in total. The second kappa shape index (κ2) is 8.40. The summed E-state index contributed by atoms with van der Waals surface area (Å²) in [5.74, 6) is 3.80. The molecule has 98 valence electrons. The Labute approximate surface area is 108 Å². The number of nitrogens with one attached hydrogen (secondary N) is 1. The Morgan fingerprint density at radius 3 is 2.89 bits per heavy atom. The molecule has 0 unspecified atom stereocenters. The Balaban J connectivity index is 2.84. The van der Waals surface area contributed by atoms with Gasteiger partial charge in [-0.25, -0.2) is 0 Å². The van der Waals surface area contributed by atoms with Crippen molar-refractivity contribution in [1.82, 2.24) is 5.32 Å². The minimum Gasteiger partial charge on any atom is -0.490 e. The van der Waals surface area contributed by atoms with Gasteiger partial charge in [-0.05, 0) is 13.0 Å². The van der Waals surface area contributed by atoms with Crippen molar-refractivity contribution in [3.8, 4) is 23.8 Å². The predicted molar refractivity (Wildman–Crippen MR) is 70.7 cm³/mol. The summed E-state index contributed by atoms with van der Waals surface area (Å²) >= 11 is 0. The van der Waals surface area contributed by atoms with E-state index in [0.717, 1.165) is 5.56 Å². The van der Waals surface area contributed by atoms with Crippen LogP contribution >= 0.6 is 0 Å². The maximum atomic E-state index is 8.75. The van der Waals surface area contributed by atoms with Gasteiger partial charge in [0.25, 0.3) is 0 Å². The quantitative estimate of drug-likeness (QED) is 0.536. The highest BCUT2D eigenvalue weighted by Gasteiger charge is 2.10. The lowest BCUT2D eigenvalue weighted by Gasteiger charge is -2.15. The van der Waals surface area contributed by atoms with Crippen molar-refractivity contribution >= 4 is 0 Å². The first-order valence-corrected chi connectivity index (χ1v) is 5.96. The zero-order valence-electron chi connectivity index (χ0n) is 10.6. The molecule has 0 heterocycles. The molecule has 0 aliphatic rings. The molecule has 0 aliphatic heterocycles. The van der Waals surface area contributed by atoms with Crippen LogP contribution in [0.3, 0.4) is 0 Å². The van der Waals surface area contributed by atoms with Gasteiger partial charge in [-0.15, -0.1) is 6.42 Å². The van der Waals surface area contributed by atoms with Gasteiger partial charge < -0.3 is 19.9 Å². The number of aliphatic hydroxyl groups excluding tert-OH is 1. The summed E-state index contributed by atoms with van der Waals surface area (Å²) in [5.41, 5.74) is 0.963. The number of terminal acetylenes is 1. The van der Waals surface area contributed by atoms with E-state index < -0.39 is 0 Å². The molecule has 0 spiro atoms. The Morgan fingerprint density at radius 2 is 2.22 bits per heavy atom. The van der Waals surface area contributed by atoms with Crippen molar-refractivity contribution < 1.29 is 14.6 Å². The fraction of sp³-hybridized carbons (Fsp3) is 0.429. The molecular formula is C14H19NO3. The van der Waals surface area contributed by atoms with Crippen molar-refractivity contribution in [3.05, 3.63) is 23.8 Å². The highest BCUT2D eigenvalue weighted by molar-refractivity contribution is 5.46. The normalized spacial score (nSPS) is 9.83. The van der Waals surface area contributed by atoms with E-state index in [-0.39, 0.29) is 13.2 Å². The SMILES string of the molecule is C#CCOc1c(CNCCO)cccc1OCC. The Hall–Kier alpha value is -1.70. The number of aliphatic hydroxyl groups is 1. The number of ether oxygens (including phenoxy) is 2. The van der Waals surface area contributed by atoms with Gasteiger partial charge in [0.15, 0.2) is 11.5 Å². The average molecular weight is 249 g/mol. The van der Waals surface area contributed by atoms with Crippen LogP contribution in [0.25, 0.3) is 0 Å². The van der Waals surface area contributed by atoms with Gasteiger partial charge in [-0.3, -0.25) is 0 Å². The van der Waals surface area contributed by atoms with E-state index in [9.17, 15) is 0 Å². The van der Waals surface area contributed by atoms with E-state index in [2.05, 4.69) is 11.2 Å². The average Bonchev–Trinajstić information content (AvgIpc) is 2.38. The number of para-hydroxylation sites is 1. The van der Waals surface area contributed by atoms with Crippen molar-refractivity contribution in [2.24, 2.45) is 0 Å². The predicted octanol–water partition coefficient (Wildman–Crippen LogP) is 1.18. The summed E-state index contributed by atoms with van der Waals surface area (Å²) in [4.78, 5) is 0. The Morgan fingerprint density at radius 1 is 1.39 bits per heavy atom. The third kappa shape index (κ3) is 4.28. The zero-order chi connectivity index (χ0) is 13.2. The molecule has 0 saturated carbocycles. The van der Waals surface area contributed by atoms with Gasteiger partial charge in [0, 0.05) is 18.7 Å². The van der Waals surface area contributed by atoms with Crippen LogP contribution in [-0.4, -0.2) is 31.5 Å². The summed E-state index contributed by atoms with van der Waals surface area (Å²) in [5, 5.41) is 11.8. The first-order valence-electron chi connectivity index (χ1n) is 5.96. The van der Waals surface area contributed by atoms with E-state index in [0.29, 0.717) is 31.2 Å². The van der Waals surface area contributed by atoms with E-state index in [1.165, 1.54) is 0 Å². The smallest absolute Gasteiger partial charge is 0.167 e. The molecule has 0 saturated heterocycles. The molecule has 0 aromatic heterocycles. The van der Waals surface area contributed by atoms with Gasteiger partial charge in [-0.2, -0.15) is 0 Å². The van der Waals surface area contributed by atoms with Gasteiger partial charge in [0.1, 0.15) is 6.61 Å². The number of hydrogen-bond donors (Lipinski definition) is 2. The van der Waals surface area contributed by atoms with Crippen LogP contribution in [0.5, 0.6) is 11.5 Å². The first-order chi connectivity index (χ1) is 8.83. The minimum atomic E-state index is 0.103. The molecule has 18 heavy (non-hydrogen) atoms. The molecule has 2 N–H and O–H groups in total. The second-order valence-electron chi connectivity index (χ2n) is 3.57. The van der Waals surface area contributed by atoms with Crippen LogP contribution in [-0.2, 0) is 6.54 Å². The van der Waals surface area contributed by atoms with E-state index in [1.807, 2.05) is 25.1 Å². The molecule has 1 aromatic carbocycles. The molecule has 0 radical (unpaired) electrons. The fourth-order valence-corrected chi connectivity index (χ4v) is 1.55. The summed E-state index contributed by atoms with van der Waals surface area (Å²) in [6.45, 7) is 3.93.